The van der Waals surface area contributed by atoms with E-state index in [9.17, 15) is 14.7 Å². The van der Waals surface area contributed by atoms with Crippen LogP contribution in [0.3, 0.4) is 0 Å². The zero-order valence-electron chi connectivity index (χ0n) is 25.3. The number of hydrogen-bond donors (Lipinski definition) is 4. The Labute approximate surface area is 260 Å². The van der Waals surface area contributed by atoms with E-state index < -0.39 is 11.6 Å². The molecule has 0 unspecified atom stereocenters. The number of fused-ring (bicyclic) bond motifs is 1. The summed E-state index contributed by atoms with van der Waals surface area (Å²) in [5.74, 6) is 2.33. The molecule has 4 N–H and O–H groups in total. The molecule has 11 nitrogen and oxygen atoms in total. The lowest BCUT2D eigenvalue weighted by Crippen LogP contribution is -2.37. The van der Waals surface area contributed by atoms with Crippen molar-refractivity contribution in [2.45, 2.75) is 26.4 Å². The maximum absolute atomic E-state index is 12.6. The summed E-state index contributed by atoms with van der Waals surface area (Å²) in [6, 6.07) is 23.4. The second-order valence-corrected chi connectivity index (χ2v) is 11.3. The third-order valence-corrected chi connectivity index (χ3v) is 7.35. The first-order chi connectivity index (χ1) is 21.6. The van der Waals surface area contributed by atoms with Crippen LogP contribution in [-0.4, -0.2) is 53.3 Å². The van der Waals surface area contributed by atoms with E-state index in [1.807, 2.05) is 36.4 Å². The van der Waals surface area contributed by atoms with E-state index in [-0.39, 0.29) is 5.91 Å². The quantitative estimate of drug-likeness (QED) is 0.171. The summed E-state index contributed by atoms with van der Waals surface area (Å²) in [6.07, 6.45) is 0. The number of urea groups is 1. The number of aliphatic hydroxyl groups is 1. The van der Waals surface area contributed by atoms with Crippen molar-refractivity contribution in [1.82, 2.24) is 9.97 Å². The summed E-state index contributed by atoms with van der Waals surface area (Å²) in [6.45, 7) is 7.48. The molecule has 0 saturated carbocycles. The number of ether oxygens (including phenoxy) is 1. The molecule has 0 atom stereocenters. The highest BCUT2D eigenvalue weighted by atomic mass is 16.5. The number of benzene rings is 3. The number of nitrogens with one attached hydrogen (secondary N) is 3. The van der Waals surface area contributed by atoms with Gasteiger partial charge in [0.1, 0.15) is 22.9 Å². The van der Waals surface area contributed by atoms with Gasteiger partial charge in [0.2, 0.25) is 5.91 Å². The van der Waals surface area contributed by atoms with E-state index >= 15 is 0 Å². The number of nitrogens with zero attached hydrogens (tertiary/aromatic N) is 3. The summed E-state index contributed by atoms with van der Waals surface area (Å²) in [4.78, 5) is 36.0. The van der Waals surface area contributed by atoms with Crippen molar-refractivity contribution in [2.24, 2.45) is 0 Å². The van der Waals surface area contributed by atoms with Crippen molar-refractivity contribution in [1.29, 1.82) is 0 Å². The number of anilines is 4. The molecule has 1 aliphatic rings. The van der Waals surface area contributed by atoms with Gasteiger partial charge in [0, 0.05) is 53.6 Å². The third-order valence-electron chi connectivity index (χ3n) is 7.35. The Bertz CT molecular complexity index is 1840. The lowest BCUT2D eigenvalue weighted by molar-refractivity contribution is -0.114. The topological polar surface area (TPSA) is 142 Å². The van der Waals surface area contributed by atoms with E-state index in [0.717, 1.165) is 27.8 Å². The molecule has 5 aromatic rings. The molecule has 1 fully saturated rings. The molecular weight excluding hydrogens is 572 g/mol. The standard InChI is InChI=1S/C34H34N6O5/c1-21(41)35-24-9-11-26(12-10-24)37-33(42)36-25-7-4-22(5-8-25)31-38-28-20-23(29-14-15-30(45-29)34(2,3)43)6-13-27(28)32(39-31)40-16-18-44-19-17-40/h4-15,20,43H,16-19H2,1-3H3,(H,35,41)(H2,36,37,42). The van der Waals surface area contributed by atoms with Gasteiger partial charge in [-0.1, -0.05) is 6.07 Å². The second-order valence-electron chi connectivity index (χ2n) is 11.3. The van der Waals surface area contributed by atoms with Gasteiger partial charge in [0.15, 0.2) is 5.82 Å². The molecule has 0 aliphatic carbocycles. The number of furan rings is 1. The fraction of sp³-hybridized carbons (Fsp3) is 0.235. The Morgan fingerprint density at radius 2 is 1.40 bits per heavy atom. The number of rotatable bonds is 7. The minimum absolute atomic E-state index is 0.163. The van der Waals surface area contributed by atoms with Crippen LogP contribution in [0.2, 0.25) is 0 Å². The van der Waals surface area contributed by atoms with Crippen LogP contribution in [0.5, 0.6) is 0 Å². The van der Waals surface area contributed by atoms with Crippen LogP contribution in [-0.2, 0) is 15.1 Å². The van der Waals surface area contributed by atoms with Gasteiger partial charge in [0.05, 0.1) is 18.7 Å². The van der Waals surface area contributed by atoms with Crippen molar-refractivity contribution >= 4 is 45.7 Å². The zero-order valence-corrected chi connectivity index (χ0v) is 25.3. The van der Waals surface area contributed by atoms with Crippen LogP contribution < -0.4 is 20.9 Å². The highest BCUT2D eigenvalue weighted by Crippen LogP contribution is 2.34. The molecule has 1 saturated heterocycles. The van der Waals surface area contributed by atoms with Gasteiger partial charge in [-0.15, -0.1) is 0 Å². The highest BCUT2D eigenvalue weighted by Gasteiger charge is 2.22. The van der Waals surface area contributed by atoms with Gasteiger partial charge >= 0.3 is 6.03 Å². The SMILES string of the molecule is CC(=O)Nc1ccc(NC(=O)Nc2ccc(-c3nc(N4CCOCC4)c4ccc(-c5ccc(C(C)(C)O)o5)cc4n3)cc2)cc1. The first-order valence-corrected chi connectivity index (χ1v) is 14.7. The number of carbonyl (C=O) groups excluding carboxylic acids is 2. The van der Waals surface area contributed by atoms with Crippen molar-refractivity contribution in [3.05, 3.63) is 84.6 Å². The van der Waals surface area contributed by atoms with Gasteiger partial charge in [-0.3, -0.25) is 4.79 Å². The van der Waals surface area contributed by atoms with Crippen LogP contribution in [0.1, 0.15) is 26.5 Å². The Morgan fingerprint density at radius 3 is 2.00 bits per heavy atom. The zero-order chi connectivity index (χ0) is 31.6. The summed E-state index contributed by atoms with van der Waals surface area (Å²) in [5.41, 5.74) is 3.13. The Morgan fingerprint density at radius 1 is 0.800 bits per heavy atom. The first kappa shape index (κ1) is 29.8. The molecule has 3 heterocycles. The van der Waals surface area contributed by atoms with Crippen LogP contribution >= 0.6 is 0 Å². The van der Waals surface area contributed by atoms with Crippen molar-refractivity contribution in [2.75, 3.05) is 47.2 Å². The van der Waals surface area contributed by atoms with E-state index in [0.29, 0.717) is 60.7 Å². The number of morpholine rings is 1. The molecule has 45 heavy (non-hydrogen) atoms. The normalized spacial score (nSPS) is 13.5. The summed E-state index contributed by atoms with van der Waals surface area (Å²) in [7, 11) is 0. The molecule has 6 rings (SSSR count). The fourth-order valence-corrected chi connectivity index (χ4v) is 5.07. The van der Waals surface area contributed by atoms with Crippen molar-refractivity contribution < 1.29 is 23.8 Å². The smallest absolute Gasteiger partial charge is 0.323 e. The molecule has 0 bridgehead atoms. The van der Waals surface area contributed by atoms with Crippen LogP contribution in [0.15, 0.2) is 83.3 Å². The van der Waals surface area contributed by atoms with Gasteiger partial charge in [-0.05, 0) is 86.6 Å². The number of amides is 3. The van der Waals surface area contributed by atoms with E-state index in [1.165, 1.54) is 6.92 Å². The van der Waals surface area contributed by atoms with E-state index in [2.05, 4.69) is 20.9 Å². The fourth-order valence-electron chi connectivity index (χ4n) is 5.07. The minimum atomic E-state index is -1.09. The van der Waals surface area contributed by atoms with Gasteiger partial charge in [-0.25, -0.2) is 14.8 Å². The molecule has 0 spiro atoms. The lowest BCUT2D eigenvalue weighted by atomic mass is 10.1. The monoisotopic (exact) mass is 606 g/mol. The number of aromatic nitrogens is 2. The average molecular weight is 607 g/mol. The summed E-state index contributed by atoms with van der Waals surface area (Å²) >= 11 is 0. The number of hydrogen-bond acceptors (Lipinski definition) is 8. The van der Waals surface area contributed by atoms with Crippen LogP contribution in [0.25, 0.3) is 33.6 Å². The van der Waals surface area contributed by atoms with Gasteiger partial charge in [0.25, 0.3) is 0 Å². The van der Waals surface area contributed by atoms with Crippen LogP contribution in [0.4, 0.5) is 27.7 Å². The first-order valence-electron chi connectivity index (χ1n) is 14.7. The molecule has 0 radical (unpaired) electrons. The average Bonchev–Trinajstić information content (AvgIpc) is 3.53. The lowest BCUT2D eigenvalue weighted by Gasteiger charge is -2.29. The van der Waals surface area contributed by atoms with Crippen LogP contribution in [0, 0.1) is 0 Å². The van der Waals surface area contributed by atoms with Gasteiger partial charge < -0.3 is 35.1 Å². The van der Waals surface area contributed by atoms with Gasteiger partial charge in [-0.2, -0.15) is 0 Å². The second kappa shape index (κ2) is 12.4. The summed E-state index contributed by atoms with van der Waals surface area (Å²) in [5, 5.41) is 19.6. The highest BCUT2D eigenvalue weighted by molar-refractivity contribution is 6.00. The van der Waals surface area contributed by atoms with Crippen molar-refractivity contribution in [3.8, 4) is 22.7 Å². The Hall–Kier alpha value is -5.26. The largest absolute Gasteiger partial charge is 0.458 e. The maximum Gasteiger partial charge on any atom is 0.323 e. The molecule has 1 aliphatic heterocycles. The molecular formula is C34H34N6O5. The Balaban J connectivity index is 1.25. The summed E-state index contributed by atoms with van der Waals surface area (Å²) < 4.78 is 11.6. The Kier molecular flexibility index (Phi) is 8.20. The van der Waals surface area contributed by atoms with E-state index in [4.69, 9.17) is 19.1 Å². The van der Waals surface area contributed by atoms with Crippen molar-refractivity contribution in [3.63, 3.8) is 0 Å². The maximum atomic E-state index is 12.6. The predicted molar refractivity (Wildman–Crippen MR) is 174 cm³/mol. The molecule has 3 aromatic carbocycles. The predicted octanol–water partition coefficient (Wildman–Crippen LogP) is 6.22. The number of carbonyl (C=O) groups is 2. The minimum Gasteiger partial charge on any atom is -0.458 e. The molecule has 230 valence electrons. The molecule has 2 aromatic heterocycles. The van der Waals surface area contributed by atoms with E-state index in [1.54, 1.807) is 56.3 Å². The molecule has 3 amide bonds. The molecule has 11 heteroatoms. The third kappa shape index (κ3) is 6.95.